The van der Waals surface area contributed by atoms with Crippen LogP contribution in [0.1, 0.15) is 20.3 Å². The molecule has 2 aliphatic rings. The average molecular weight is 270 g/mol. The number of carboxylic acid groups (broad SMARTS) is 1. The van der Waals surface area contributed by atoms with Gasteiger partial charge in [-0.05, 0) is 12.3 Å². The zero-order chi connectivity index (χ0) is 14.0. The van der Waals surface area contributed by atoms with Crippen molar-refractivity contribution < 1.29 is 19.4 Å². The Kier molecular flexibility index (Phi) is 4.29. The molecule has 0 radical (unpaired) electrons. The maximum absolute atomic E-state index is 12.4. The minimum Gasteiger partial charge on any atom is -0.481 e. The normalized spacial score (nSPS) is 31.6. The molecule has 0 aromatic carbocycles. The number of hydrogen-bond acceptors (Lipinski definition) is 3. The summed E-state index contributed by atoms with van der Waals surface area (Å²) >= 11 is 0. The van der Waals surface area contributed by atoms with Crippen molar-refractivity contribution in [3.8, 4) is 0 Å². The number of carbonyl (C=O) groups is 2. The lowest BCUT2D eigenvalue weighted by Gasteiger charge is -2.35. The van der Waals surface area contributed by atoms with Gasteiger partial charge in [-0.15, -0.1) is 0 Å². The summed E-state index contributed by atoms with van der Waals surface area (Å²) in [5, 5.41) is 9.10. The van der Waals surface area contributed by atoms with E-state index in [-0.39, 0.29) is 18.1 Å². The molecule has 0 aliphatic carbocycles. The third kappa shape index (κ3) is 3.00. The number of likely N-dealkylation sites (tertiary alicyclic amines) is 1. The van der Waals surface area contributed by atoms with Crippen molar-refractivity contribution in [2.75, 3.05) is 32.8 Å². The molecule has 3 atom stereocenters. The van der Waals surface area contributed by atoms with E-state index in [0.29, 0.717) is 32.8 Å². The van der Waals surface area contributed by atoms with Crippen LogP contribution in [0.25, 0.3) is 0 Å². The lowest BCUT2D eigenvalue weighted by molar-refractivity contribution is -0.142. The number of aliphatic carboxylic acids is 1. The third-order valence-corrected chi connectivity index (χ3v) is 4.06. The van der Waals surface area contributed by atoms with Crippen molar-refractivity contribution in [1.29, 1.82) is 0 Å². The Bertz CT molecular complexity index is 361. The summed E-state index contributed by atoms with van der Waals surface area (Å²) in [6, 6.07) is -0.0441. The molecule has 0 saturated carbocycles. The third-order valence-electron chi connectivity index (χ3n) is 4.06. The predicted molar refractivity (Wildman–Crippen MR) is 68.9 cm³/mol. The number of nitrogens with zero attached hydrogens (tertiary/aromatic N) is 2. The van der Waals surface area contributed by atoms with Gasteiger partial charge in [0.05, 0.1) is 18.6 Å². The molecule has 2 heterocycles. The van der Waals surface area contributed by atoms with Crippen LogP contribution in [-0.4, -0.2) is 65.8 Å². The van der Waals surface area contributed by atoms with Gasteiger partial charge < -0.3 is 19.6 Å². The number of carboxylic acids is 1. The highest BCUT2D eigenvalue weighted by atomic mass is 16.5. The summed E-state index contributed by atoms with van der Waals surface area (Å²) in [4.78, 5) is 26.9. The fourth-order valence-corrected chi connectivity index (χ4v) is 2.78. The van der Waals surface area contributed by atoms with Crippen molar-refractivity contribution in [3.63, 3.8) is 0 Å². The fraction of sp³-hybridized carbons (Fsp3) is 0.846. The van der Waals surface area contributed by atoms with Crippen LogP contribution in [-0.2, 0) is 9.53 Å². The quantitative estimate of drug-likeness (QED) is 0.808. The second-order valence-electron chi connectivity index (χ2n) is 5.46. The first-order valence-electron chi connectivity index (χ1n) is 6.91. The second-order valence-corrected chi connectivity index (χ2v) is 5.46. The highest BCUT2D eigenvalue weighted by Crippen LogP contribution is 2.24. The molecule has 6 nitrogen and oxygen atoms in total. The molecule has 0 bridgehead atoms. The average Bonchev–Trinajstić information content (AvgIpc) is 2.80. The summed E-state index contributed by atoms with van der Waals surface area (Å²) in [7, 11) is 0. The van der Waals surface area contributed by atoms with Crippen LogP contribution in [0.3, 0.4) is 0 Å². The van der Waals surface area contributed by atoms with Gasteiger partial charge in [-0.3, -0.25) is 4.79 Å². The molecule has 3 unspecified atom stereocenters. The summed E-state index contributed by atoms with van der Waals surface area (Å²) in [5.41, 5.74) is 0. The van der Waals surface area contributed by atoms with E-state index in [0.717, 1.165) is 6.42 Å². The molecule has 108 valence electrons. The highest BCUT2D eigenvalue weighted by molar-refractivity contribution is 5.77. The van der Waals surface area contributed by atoms with E-state index in [9.17, 15) is 9.59 Å². The first-order chi connectivity index (χ1) is 9.02. The molecular formula is C13H22N2O4. The Morgan fingerprint density at radius 2 is 2.00 bits per heavy atom. The Morgan fingerprint density at radius 3 is 2.58 bits per heavy atom. The van der Waals surface area contributed by atoms with Gasteiger partial charge >= 0.3 is 12.0 Å². The Morgan fingerprint density at radius 1 is 1.26 bits per heavy atom. The van der Waals surface area contributed by atoms with E-state index < -0.39 is 11.9 Å². The molecule has 2 aliphatic heterocycles. The highest BCUT2D eigenvalue weighted by Gasteiger charge is 2.39. The number of morpholine rings is 1. The number of hydrogen-bond donors (Lipinski definition) is 1. The Balaban J connectivity index is 1.95. The molecule has 1 N–H and O–H groups in total. The minimum atomic E-state index is -0.809. The molecule has 0 aromatic heterocycles. The summed E-state index contributed by atoms with van der Waals surface area (Å²) in [6.45, 7) is 6.55. The number of carbonyl (C=O) groups excluding carboxylic acids is 1. The van der Waals surface area contributed by atoms with E-state index in [2.05, 4.69) is 0 Å². The number of ether oxygens (including phenoxy) is 1. The molecular weight excluding hydrogens is 248 g/mol. The Hall–Kier alpha value is -1.30. The van der Waals surface area contributed by atoms with Gasteiger partial charge in [0.15, 0.2) is 0 Å². The first-order valence-corrected chi connectivity index (χ1v) is 6.91. The van der Waals surface area contributed by atoms with E-state index in [1.54, 1.807) is 9.80 Å². The van der Waals surface area contributed by atoms with Crippen LogP contribution in [0.4, 0.5) is 4.79 Å². The van der Waals surface area contributed by atoms with Crippen molar-refractivity contribution in [2.24, 2.45) is 11.8 Å². The molecule has 6 heteroatoms. The van der Waals surface area contributed by atoms with E-state index in [1.807, 2.05) is 13.8 Å². The molecule has 2 fully saturated rings. The van der Waals surface area contributed by atoms with Crippen LogP contribution in [0.2, 0.25) is 0 Å². The van der Waals surface area contributed by atoms with Crippen LogP contribution < -0.4 is 0 Å². The van der Waals surface area contributed by atoms with E-state index >= 15 is 0 Å². The van der Waals surface area contributed by atoms with Gasteiger partial charge in [-0.2, -0.15) is 0 Å². The van der Waals surface area contributed by atoms with Crippen LogP contribution in [0, 0.1) is 11.8 Å². The van der Waals surface area contributed by atoms with Gasteiger partial charge in [0.25, 0.3) is 0 Å². The smallest absolute Gasteiger partial charge is 0.320 e. The largest absolute Gasteiger partial charge is 0.481 e. The van der Waals surface area contributed by atoms with Crippen LogP contribution in [0.5, 0.6) is 0 Å². The topological polar surface area (TPSA) is 70.1 Å². The summed E-state index contributed by atoms with van der Waals surface area (Å²) in [6.07, 6.45) is 0.991. The van der Waals surface area contributed by atoms with Crippen molar-refractivity contribution >= 4 is 12.0 Å². The minimum absolute atomic E-state index is 0.0180. The lowest BCUT2D eigenvalue weighted by Crippen LogP contribution is -2.50. The monoisotopic (exact) mass is 270 g/mol. The fourth-order valence-electron chi connectivity index (χ4n) is 2.78. The summed E-state index contributed by atoms with van der Waals surface area (Å²) < 4.78 is 5.54. The predicted octanol–water partition coefficient (Wildman–Crippen LogP) is 0.870. The van der Waals surface area contributed by atoms with Crippen molar-refractivity contribution in [1.82, 2.24) is 9.80 Å². The van der Waals surface area contributed by atoms with Gasteiger partial charge in [0, 0.05) is 26.2 Å². The van der Waals surface area contributed by atoms with Crippen LogP contribution >= 0.6 is 0 Å². The standard InChI is InChI=1S/C13H22N2O4/c1-3-10-7-14(4-5-19-10)13(18)15-6-9(2)11(8-15)12(16)17/h9-11H,3-8H2,1-2H3,(H,16,17). The molecule has 2 amide bonds. The zero-order valence-electron chi connectivity index (χ0n) is 11.5. The number of urea groups is 1. The van der Waals surface area contributed by atoms with Gasteiger partial charge in [0.1, 0.15) is 0 Å². The van der Waals surface area contributed by atoms with Crippen molar-refractivity contribution in [3.05, 3.63) is 0 Å². The first kappa shape index (κ1) is 14.1. The molecule has 0 aromatic rings. The SMILES string of the molecule is CCC1CN(C(=O)N2CC(C)C(C(=O)O)C2)CCO1. The van der Waals surface area contributed by atoms with E-state index in [1.165, 1.54) is 0 Å². The number of rotatable bonds is 2. The van der Waals surface area contributed by atoms with E-state index in [4.69, 9.17) is 9.84 Å². The molecule has 19 heavy (non-hydrogen) atoms. The van der Waals surface area contributed by atoms with Gasteiger partial charge in [-0.1, -0.05) is 13.8 Å². The molecule has 2 saturated heterocycles. The van der Waals surface area contributed by atoms with Crippen LogP contribution in [0.15, 0.2) is 0 Å². The lowest BCUT2D eigenvalue weighted by atomic mass is 9.99. The zero-order valence-corrected chi connectivity index (χ0v) is 11.5. The Labute approximate surface area is 113 Å². The van der Waals surface area contributed by atoms with Crippen molar-refractivity contribution in [2.45, 2.75) is 26.4 Å². The van der Waals surface area contributed by atoms with Gasteiger partial charge in [-0.25, -0.2) is 4.79 Å². The maximum atomic E-state index is 12.4. The maximum Gasteiger partial charge on any atom is 0.320 e. The molecule has 2 rings (SSSR count). The number of amides is 2. The summed E-state index contributed by atoms with van der Waals surface area (Å²) in [5.74, 6) is -1.23. The molecule has 0 spiro atoms. The second kappa shape index (κ2) is 5.77. The van der Waals surface area contributed by atoms with Gasteiger partial charge in [0.2, 0.25) is 0 Å².